The van der Waals surface area contributed by atoms with Crippen LogP contribution >= 0.6 is 0 Å². The Morgan fingerprint density at radius 3 is 1.89 bits per heavy atom. The molecule has 3 rings (SSSR count). The molecule has 0 spiro atoms. The Bertz CT molecular complexity index is 1230. The summed E-state index contributed by atoms with van der Waals surface area (Å²) in [6, 6.07) is 10.6. The van der Waals surface area contributed by atoms with Crippen LogP contribution in [0.4, 0.5) is 0 Å². The minimum atomic E-state index is -0.152. The maximum absolute atomic E-state index is 10.5. The van der Waals surface area contributed by atoms with E-state index in [1.54, 1.807) is 19.1 Å². The zero-order valence-corrected chi connectivity index (χ0v) is 22.2. The van der Waals surface area contributed by atoms with Gasteiger partial charge < -0.3 is 29.9 Å². The highest BCUT2D eigenvalue weighted by Crippen LogP contribution is 2.38. The quantitative estimate of drug-likeness (QED) is 0.241. The van der Waals surface area contributed by atoms with Crippen molar-refractivity contribution >= 4 is 0 Å². The van der Waals surface area contributed by atoms with Crippen molar-refractivity contribution in [2.75, 3.05) is 13.2 Å². The third-order valence-corrected chi connectivity index (χ3v) is 6.79. The molecule has 0 saturated heterocycles. The predicted octanol–water partition coefficient (Wildman–Crippen LogP) is 6.92. The molecule has 0 radical (unpaired) electrons. The van der Waals surface area contributed by atoms with Gasteiger partial charge in [0.2, 0.25) is 0 Å². The van der Waals surface area contributed by atoms with Crippen LogP contribution in [0, 0.1) is 20.8 Å². The molecule has 3 aromatic carbocycles. The van der Waals surface area contributed by atoms with Gasteiger partial charge in [-0.15, -0.1) is 0 Å². The van der Waals surface area contributed by atoms with Crippen LogP contribution in [0.2, 0.25) is 0 Å². The van der Waals surface area contributed by atoms with Gasteiger partial charge >= 0.3 is 0 Å². The molecule has 4 N–H and O–H groups in total. The van der Waals surface area contributed by atoms with Gasteiger partial charge in [0, 0.05) is 11.8 Å². The molecular formula is C30H38O6. The summed E-state index contributed by atoms with van der Waals surface area (Å²) in [7, 11) is 0. The number of phenols is 4. The van der Waals surface area contributed by atoms with E-state index in [-0.39, 0.29) is 41.4 Å². The molecule has 3 aromatic rings. The maximum Gasteiger partial charge on any atom is 0.161 e. The summed E-state index contributed by atoms with van der Waals surface area (Å²) in [5, 5.41) is 40.7. The first-order chi connectivity index (χ1) is 16.9. The van der Waals surface area contributed by atoms with Gasteiger partial charge in [0.05, 0.1) is 13.2 Å². The van der Waals surface area contributed by atoms with E-state index in [2.05, 4.69) is 13.8 Å². The van der Waals surface area contributed by atoms with Crippen LogP contribution < -0.4 is 9.47 Å². The van der Waals surface area contributed by atoms with Crippen LogP contribution in [0.5, 0.6) is 34.5 Å². The van der Waals surface area contributed by atoms with Crippen molar-refractivity contribution in [3.05, 3.63) is 69.8 Å². The average molecular weight is 495 g/mol. The first-order valence-corrected chi connectivity index (χ1v) is 12.3. The molecule has 0 aliphatic rings. The number of rotatable bonds is 9. The predicted molar refractivity (Wildman–Crippen MR) is 142 cm³/mol. The van der Waals surface area contributed by atoms with E-state index in [1.165, 1.54) is 6.07 Å². The number of hydrogen-bond donors (Lipinski definition) is 4. The standard InChI is InChI=1S/C30H38O6/c1-16(2)22-10-18(4)29(33)28(12-22)36-15-20(6)24-13-27(26(32)11-17(24)3)35-14-19(5)23-8-9-25(31)30(34)21(23)7/h8-13,16,19-20,31-34H,14-15H2,1-7H3. The summed E-state index contributed by atoms with van der Waals surface area (Å²) >= 11 is 0. The molecule has 0 aromatic heterocycles. The fourth-order valence-electron chi connectivity index (χ4n) is 4.40. The molecule has 2 unspecified atom stereocenters. The molecule has 36 heavy (non-hydrogen) atoms. The normalized spacial score (nSPS) is 13.0. The van der Waals surface area contributed by atoms with Gasteiger partial charge in [-0.25, -0.2) is 0 Å². The Balaban J connectivity index is 1.75. The SMILES string of the molecule is Cc1cc(O)c(OCC(C)c2ccc(O)c(O)c2C)cc1C(C)COc1cc(C(C)C)cc(C)c1O. The van der Waals surface area contributed by atoms with Crippen molar-refractivity contribution < 1.29 is 29.9 Å². The topological polar surface area (TPSA) is 99.4 Å². The lowest BCUT2D eigenvalue weighted by Crippen LogP contribution is -2.11. The third-order valence-electron chi connectivity index (χ3n) is 6.79. The number of aryl methyl sites for hydroxylation is 2. The first-order valence-electron chi connectivity index (χ1n) is 12.3. The van der Waals surface area contributed by atoms with Crippen molar-refractivity contribution in [3.8, 4) is 34.5 Å². The molecular weight excluding hydrogens is 456 g/mol. The molecule has 0 aliphatic carbocycles. The van der Waals surface area contributed by atoms with Crippen molar-refractivity contribution in [2.45, 2.75) is 66.2 Å². The molecule has 6 heteroatoms. The molecule has 0 aliphatic heterocycles. The lowest BCUT2D eigenvalue weighted by Gasteiger charge is -2.21. The maximum atomic E-state index is 10.5. The minimum Gasteiger partial charge on any atom is -0.504 e. The zero-order valence-electron chi connectivity index (χ0n) is 22.2. The Labute approximate surface area is 213 Å². The zero-order chi connectivity index (χ0) is 26.7. The smallest absolute Gasteiger partial charge is 0.161 e. The lowest BCUT2D eigenvalue weighted by atomic mass is 9.95. The third kappa shape index (κ3) is 5.81. The van der Waals surface area contributed by atoms with E-state index in [0.29, 0.717) is 29.6 Å². The number of aromatic hydroxyl groups is 4. The number of phenolic OH excluding ortho intramolecular Hbond substituents is 4. The van der Waals surface area contributed by atoms with Crippen LogP contribution in [0.15, 0.2) is 36.4 Å². The molecule has 194 valence electrons. The van der Waals surface area contributed by atoms with Crippen LogP contribution in [0.1, 0.15) is 78.8 Å². The number of ether oxygens (including phenoxy) is 2. The second kappa shape index (κ2) is 11.0. The minimum absolute atomic E-state index is 0.0240. The van der Waals surface area contributed by atoms with Gasteiger partial charge in [-0.05, 0) is 84.3 Å². The van der Waals surface area contributed by atoms with E-state index >= 15 is 0 Å². The molecule has 0 bridgehead atoms. The van der Waals surface area contributed by atoms with Crippen molar-refractivity contribution in [3.63, 3.8) is 0 Å². The molecule has 0 saturated carbocycles. The van der Waals surface area contributed by atoms with E-state index in [1.807, 2.05) is 45.9 Å². The van der Waals surface area contributed by atoms with Crippen LogP contribution in [0.3, 0.4) is 0 Å². The van der Waals surface area contributed by atoms with Crippen LogP contribution in [0.25, 0.3) is 0 Å². The molecule has 2 atom stereocenters. The van der Waals surface area contributed by atoms with Gasteiger partial charge in [-0.2, -0.15) is 0 Å². The highest BCUT2D eigenvalue weighted by molar-refractivity contribution is 5.51. The Morgan fingerprint density at radius 2 is 1.25 bits per heavy atom. The summed E-state index contributed by atoms with van der Waals surface area (Å²) in [5.74, 6) is 0.983. The van der Waals surface area contributed by atoms with Crippen LogP contribution in [-0.2, 0) is 0 Å². The number of benzene rings is 3. The Hall–Kier alpha value is -3.54. The molecule has 0 amide bonds. The summed E-state index contributed by atoms with van der Waals surface area (Å²) in [5.41, 5.74) is 5.25. The van der Waals surface area contributed by atoms with Gasteiger partial charge in [0.1, 0.15) is 0 Å². The summed E-state index contributed by atoms with van der Waals surface area (Å²) < 4.78 is 12.0. The molecule has 0 heterocycles. The van der Waals surface area contributed by atoms with E-state index < -0.39 is 0 Å². The first kappa shape index (κ1) is 27.1. The summed E-state index contributed by atoms with van der Waals surface area (Å²) in [6.45, 7) is 14.4. The van der Waals surface area contributed by atoms with E-state index in [9.17, 15) is 20.4 Å². The summed E-state index contributed by atoms with van der Waals surface area (Å²) in [4.78, 5) is 0. The molecule has 6 nitrogen and oxygen atoms in total. The highest BCUT2D eigenvalue weighted by atomic mass is 16.5. The van der Waals surface area contributed by atoms with Gasteiger partial charge in [-0.1, -0.05) is 39.8 Å². The highest BCUT2D eigenvalue weighted by Gasteiger charge is 2.19. The monoisotopic (exact) mass is 494 g/mol. The van der Waals surface area contributed by atoms with E-state index in [4.69, 9.17) is 9.47 Å². The Kier molecular flexibility index (Phi) is 8.28. The Morgan fingerprint density at radius 1 is 0.639 bits per heavy atom. The fraction of sp³-hybridized carbons (Fsp3) is 0.400. The van der Waals surface area contributed by atoms with Crippen molar-refractivity contribution in [1.29, 1.82) is 0 Å². The second-order valence-corrected chi connectivity index (χ2v) is 10.1. The van der Waals surface area contributed by atoms with Crippen LogP contribution in [-0.4, -0.2) is 33.6 Å². The van der Waals surface area contributed by atoms with Gasteiger partial charge in [0.15, 0.2) is 34.5 Å². The molecule has 0 fully saturated rings. The summed E-state index contributed by atoms with van der Waals surface area (Å²) in [6.07, 6.45) is 0. The van der Waals surface area contributed by atoms with Crippen molar-refractivity contribution in [2.24, 2.45) is 0 Å². The largest absolute Gasteiger partial charge is 0.504 e. The van der Waals surface area contributed by atoms with Gasteiger partial charge in [0.25, 0.3) is 0 Å². The van der Waals surface area contributed by atoms with E-state index in [0.717, 1.165) is 27.8 Å². The lowest BCUT2D eigenvalue weighted by molar-refractivity contribution is 0.273. The van der Waals surface area contributed by atoms with Gasteiger partial charge in [-0.3, -0.25) is 0 Å². The number of hydrogen-bond acceptors (Lipinski definition) is 6. The fourth-order valence-corrected chi connectivity index (χ4v) is 4.40. The second-order valence-electron chi connectivity index (χ2n) is 10.1. The van der Waals surface area contributed by atoms with Crippen molar-refractivity contribution in [1.82, 2.24) is 0 Å². The average Bonchev–Trinajstić information content (AvgIpc) is 2.82.